The summed E-state index contributed by atoms with van der Waals surface area (Å²) in [7, 11) is 0. The molecule has 0 spiro atoms. The lowest BCUT2D eigenvalue weighted by molar-refractivity contribution is 0.308. The molecule has 0 saturated carbocycles. The molecular formula is C10H23N. The summed E-state index contributed by atoms with van der Waals surface area (Å²) in [6.07, 6.45) is 6.48. The van der Waals surface area contributed by atoms with Crippen LogP contribution in [0, 0.1) is 5.41 Å². The largest absolute Gasteiger partial charge is 0.330 e. The molecule has 0 aromatic carbocycles. The summed E-state index contributed by atoms with van der Waals surface area (Å²) in [6.45, 7) is 7.81. The summed E-state index contributed by atoms with van der Waals surface area (Å²) in [5.41, 5.74) is 5.96. The minimum absolute atomic E-state index is 0.550. The van der Waals surface area contributed by atoms with E-state index in [1.807, 2.05) is 0 Å². The molecule has 0 heterocycles. The zero-order chi connectivity index (χ0) is 8.74. The van der Waals surface area contributed by atoms with Gasteiger partial charge in [-0.15, -0.1) is 0 Å². The second kappa shape index (κ2) is 5.59. The molecule has 0 aromatic rings. The molecule has 0 bridgehead atoms. The van der Waals surface area contributed by atoms with Gasteiger partial charge in [0.2, 0.25) is 0 Å². The van der Waals surface area contributed by atoms with Crippen molar-refractivity contribution in [3.63, 3.8) is 0 Å². The van der Waals surface area contributed by atoms with Gasteiger partial charge in [0, 0.05) is 0 Å². The summed E-state index contributed by atoms with van der Waals surface area (Å²) >= 11 is 0. The number of hydrogen-bond acceptors (Lipinski definition) is 1. The molecular weight excluding hydrogens is 134 g/mol. The first-order chi connectivity index (χ1) is 5.12. The van der Waals surface area contributed by atoms with Crippen LogP contribution in [0.4, 0.5) is 0 Å². The number of hydrogen-bond donors (Lipinski definition) is 1. The predicted molar refractivity (Wildman–Crippen MR) is 51.6 cm³/mol. The maximum atomic E-state index is 5.41. The van der Waals surface area contributed by atoms with Crippen molar-refractivity contribution >= 4 is 0 Å². The molecule has 0 saturated heterocycles. The Balaban J connectivity index is 3.23. The van der Waals surface area contributed by atoms with Crippen LogP contribution in [-0.2, 0) is 0 Å². The van der Waals surface area contributed by atoms with E-state index in [4.69, 9.17) is 5.73 Å². The molecule has 0 aromatic heterocycles. The van der Waals surface area contributed by atoms with Crippen LogP contribution >= 0.6 is 0 Å². The maximum absolute atomic E-state index is 5.41. The highest BCUT2D eigenvalue weighted by Gasteiger charge is 2.13. The average molecular weight is 157 g/mol. The van der Waals surface area contributed by atoms with Crippen LogP contribution in [0.25, 0.3) is 0 Å². The first-order valence-electron chi connectivity index (χ1n) is 4.82. The zero-order valence-corrected chi connectivity index (χ0v) is 8.32. The van der Waals surface area contributed by atoms with Crippen molar-refractivity contribution in [2.24, 2.45) is 11.1 Å². The van der Waals surface area contributed by atoms with Gasteiger partial charge in [0.1, 0.15) is 0 Å². The summed E-state index contributed by atoms with van der Waals surface area (Å²) in [5.74, 6) is 0. The Morgan fingerprint density at radius 3 is 2.18 bits per heavy atom. The van der Waals surface area contributed by atoms with E-state index >= 15 is 0 Å². The average Bonchev–Trinajstić information content (AvgIpc) is 1.99. The lowest BCUT2D eigenvalue weighted by atomic mass is 9.84. The van der Waals surface area contributed by atoms with Crippen LogP contribution in [0.5, 0.6) is 0 Å². The Morgan fingerprint density at radius 2 is 1.73 bits per heavy atom. The quantitative estimate of drug-likeness (QED) is 0.589. The zero-order valence-electron chi connectivity index (χ0n) is 8.32. The van der Waals surface area contributed by atoms with E-state index in [9.17, 15) is 0 Å². The van der Waals surface area contributed by atoms with Gasteiger partial charge in [0.25, 0.3) is 0 Å². The fourth-order valence-corrected chi connectivity index (χ4v) is 1.10. The minimum Gasteiger partial charge on any atom is -0.330 e. The lowest BCUT2D eigenvalue weighted by Gasteiger charge is -2.21. The van der Waals surface area contributed by atoms with Crippen molar-refractivity contribution in [1.29, 1.82) is 0 Å². The van der Waals surface area contributed by atoms with E-state index in [1.54, 1.807) is 0 Å². The van der Waals surface area contributed by atoms with Crippen LogP contribution in [0.1, 0.15) is 52.9 Å². The molecule has 0 unspecified atom stereocenters. The van der Waals surface area contributed by atoms with Gasteiger partial charge >= 0.3 is 0 Å². The minimum atomic E-state index is 0.550. The van der Waals surface area contributed by atoms with Crippen LogP contribution in [0.2, 0.25) is 0 Å². The number of rotatable bonds is 6. The Morgan fingerprint density at radius 1 is 1.09 bits per heavy atom. The van der Waals surface area contributed by atoms with Crippen molar-refractivity contribution < 1.29 is 0 Å². The Bertz CT molecular complexity index is 86.9. The summed E-state index contributed by atoms with van der Waals surface area (Å²) in [4.78, 5) is 0. The van der Waals surface area contributed by atoms with Crippen LogP contribution in [0.3, 0.4) is 0 Å². The second-order valence-electron chi connectivity index (χ2n) is 4.12. The normalized spacial score (nSPS) is 12.0. The molecule has 0 amide bonds. The van der Waals surface area contributed by atoms with Gasteiger partial charge in [-0.2, -0.15) is 0 Å². The highest BCUT2D eigenvalue weighted by Crippen LogP contribution is 2.26. The monoisotopic (exact) mass is 157 g/mol. The molecule has 0 aliphatic carbocycles. The third-order valence-electron chi connectivity index (χ3n) is 2.51. The summed E-state index contributed by atoms with van der Waals surface area (Å²) < 4.78 is 0. The van der Waals surface area contributed by atoms with Gasteiger partial charge in [0.05, 0.1) is 0 Å². The molecule has 0 atom stereocenters. The third kappa shape index (κ3) is 6.36. The molecule has 1 nitrogen and oxygen atoms in total. The van der Waals surface area contributed by atoms with E-state index in [-0.39, 0.29) is 0 Å². The highest BCUT2D eigenvalue weighted by molar-refractivity contribution is 4.65. The van der Waals surface area contributed by atoms with E-state index < -0.39 is 0 Å². The van der Waals surface area contributed by atoms with Gasteiger partial charge in [-0.1, -0.05) is 40.0 Å². The van der Waals surface area contributed by atoms with Gasteiger partial charge in [0.15, 0.2) is 0 Å². The summed E-state index contributed by atoms with van der Waals surface area (Å²) in [5, 5.41) is 0. The smallest absolute Gasteiger partial charge is 0.00773 e. The van der Waals surface area contributed by atoms with Crippen molar-refractivity contribution in [2.45, 2.75) is 52.9 Å². The molecule has 68 valence electrons. The van der Waals surface area contributed by atoms with Gasteiger partial charge in [-0.3, -0.25) is 0 Å². The molecule has 11 heavy (non-hydrogen) atoms. The van der Waals surface area contributed by atoms with Crippen LogP contribution in [-0.4, -0.2) is 6.54 Å². The van der Waals surface area contributed by atoms with Crippen LogP contribution < -0.4 is 5.73 Å². The van der Waals surface area contributed by atoms with Crippen molar-refractivity contribution in [1.82, 2.24) is 0 Å². The first-order valence-corrected chi connectivity index (χ1v) is 4.82. The van der Waals surface area contributed by atoms with Gasteiger partial charge in [-0.05, 0) is 24.8 Å². The second-order valence-corrected chi connectivity index (χ2v) is 4.12. The number of nitrogens with two attached hydrogens (primary N) is 1. The van der Waals surface area contributed by atoms with Gasteiger partial charge < -0.3 is 5.73 Å². The molecule has 1 heteroatoms. The third-order valence-corrected chi connectivity index (χ3v) is 2.51. The molecule has 0 rings (SSSR count). The Hall–Kier alpha value is -0.0400. The predicted octanol–water partition coefficient (Wildman–Crippen LogP) is 2.94. The SMILES string of the molecule is CCC(C)(C)CCCCCN. The van der Waals surface area contributed by atoms with E-state index in [0.717, 1.165) is 6.54 Å². The molecule has 0 fully saturated rings. The molecule has 0 aliphatic heterocycles. The van der Waals surface area contributed by atoms with Crippen molar-refractivity contribution in [3.05, 3.63) is 0 Å². The van der Waals surface area contributed by atoms with Crippen molar-refractivity contribution in [2.75, 3.05) is 6.54 Å². The molecule has 2 N–H and O–H groups in total. The molecule has 0 aliphatic rings. The lowest BCUT2D eigenvalue weighted by Crippen LogP contribution is -2.09. The summed E-state index contributed by atoms with van der Waals surface area (Å²) in [6, 6.07) is 0. The van der Waals surface area contributed by atoms with Crippen molar-refractivity contribution in [3.8, 4) is 0 Å². The Labute approximate surface area is 71.4 Å². The van der Waals surface area contributed by atoms with Crippen LogP contribution in [0.15, 0.2) is 0 Å². The standard InChI is InChI=1S/C10H23N/c1-4-10(2,3)8-6-5-7-9-11/h4-9,11H2,1-3H3. The first kappa shape index (κ1) is 11.0. The highest BCUT2D eigenvalue weighted by atomic mass is 14.5. The molecule has 0 radical (unpaired) electrons. The van der Waals surface area contributed by atoms with E-state index in [1.165, 1.54) is 32.1 Å². The fraction of sp³-hybridized carbons (Fsp3) is 1.00. The topological polar surface area (TPSA) is 26.0 Å². The Kier molecular flexibility index (Phi) is 5.57. The fourth-order valence-electron chi connectivity index (χ4n) is 1.10. The van der Waals surface area contributed by atoms with Gasteiger partial charge in [-0.25, -0.2) is 0 Å². The number of unbranched alkanes of at least 4 members (excludes halogenated alkanes) is 2. The maximum Gasteiger partial charge on any atom is -0.00773 e. The van der Waals surface area contributed by atoms with E-state index in [0.29, 0.717) is 5.41 Å². The van der Waals surface area contributed by atoms with E-state index in [2.05, 4.69) is 20.8 Å².